The van der Waals surface area contributed by atoms with E-state index < -0.39 is 0 Å². The van der Waals surface area contributed by atoms with Gasteiger partial charge in [0.2, 0.25) is 0 Å². The molecule has 0 bridgehead atoms. The van der Waals surface area contributed by atoms with Crippen molar-refractivity contribution in [2.45, 2.75) is 19.6 Å². The second-order valence-corrected chi connectivity index (χ2v) is 2.96. The van der Waals surface area contributed by atoms with Crippen LogP contribution in [-0.4, -0.2) is 23.5 Å². The van der Waals surface area contributed by atoms with E-state index in [2.05, 4.69) is 16.6 Å². The molecule has 0 aliphatic carbocycles. The second kappa shape index (κ2) is 3.25. The van der Waals surface area contributed by atoms with Crippen LogP contribution in [0.2, 0.25) is 0 Å². The van der Waals surface area contributed by atoms with Crippen molar-refractivity contribution in [1.29, 1.82) is 0 Å². The van der Waals surface area contributed by atoms with Crippen LogP contribution in [0.1, 0.15) is 11.3 Å². The van der Waals surface area contributed by atoms with Crippen molar-refractivity contribution < 1.29 is 4.74 Å². The van der Waals surface area contributed by atoms with Gasteiger partial charge in [-0.1, -0.05) is 0 Å². The van der Waals surface area contributed by atoms with E-state index in [9.17, 15) is 0 Å². The summed E-state index contributed by atoms with van der Waals surface area (Å²) < 4.78 is 6.92. The van der Waals surface area contributed by atoms with E-state index in [0.29, 0.717) is 0 Å². The number of ether oxygens (including phenoxy) is 1. The largest absolute Gasteiger partial charge is 0.383 e. The molecule has 0 fully saturated rings. The zero-order valence-corrected chi connectivity index (χ0v) is 7.21. The summed E-state index contributed by atoms with van der Waals surface area (Å²) in [7, 11) is 1.71. The van der Waals surface area contributed by atoms with E-state index in [1.54, 1.807) is 7.11 Å². The minimum Gasteiger partial charge on any atom is -0.383 e. The lowest BCUT2D eigenvalue weighted by molar-refractivity contribution is 0.183. The van der Waals surface area contributed by atoms with Crippen LogP contribution in [0.4, 0.5) is 0 Å². The predicted octanol–water partition coefficient (Wildman–Crippen LogP) is 0.133. The Labute approximate surface area is 71.5 Å². The molecule has 0 amide bonds. The fraction of sp³-hybridized carbons (Fsp3) is 0.625. The molecule has 0 spiro atoms. The highest BCUT2D eigenvalue weighted by molar-refractivity contribution is 5.20. The van der Waals surface area contributed by atoms with E-state index >= 15 is 0 Å². The van der Waals surface area contributed by atoms with Gasteiger partial charge in [0.05, 0.1) is 18.8 Å². The Balaban J connectivity index is 2.05. The van der Waals surface area contributed by atoms with Gasteiger partial charge >= 0.3 is 0 Å². The number of fused-ring (bicyclic) bond motifs is 1. The van der Waals surface area contributed by atoms with Gasteiger partial charge in [0.25, 0.3) is 0 Å². The van der Waals surface area contributed by atoms with Crippen molar-refractivity contribution >= 4 is 0 Å². The zero-order valence-electron chi connectivity index (χ0n) is 7.21. The average molecular weight is 167 g/mol. The van der Waals surface area contributed by atoms with Crippen LogP contribution in [0.25, 0.3) is 0 Å². The molecule has 1 aromatic rings. The van der Waals surface area contributed by atoms with Gasteiger partial charge in [-0.2, -0.15) is 5.10 Å². The normalized spacial score (nSPS) is 15.1. The third-order valence-corrected chi connectivity index (χ3v) is 2.06. The topological polar surface area (TPSA) is 39.1 Å². The maximum absolute atomic E-state index is 4.97. The summed E-state index contributed by atoms with van der Waals surface area (Å²) >= 11 is 0. The Hall–Kier alpha value is -0.870. The predicted molar refractivity (Wildman–Crippen MR) is 44.6 cm³/mol. The molecule has 1 aliphatic heterocycles. The number of aromatic nitrogens is 2. The molecule has 2 rings (SSSR count). The van der Waals surface area contributed by atoms with Gasteiger partial charge in [-0.05, 0) is 0 Å². The van der Waals surface area contributed by atoms with Gasteiger partial charge in [-0.3, -0.25) is 4.68 Å². The fourth-order valence-electron chi connectivity index (χ4n) is 1.41. The molecule has 4 heteroatoms. The Morgan fingerprint density at radius 1 is 1.67 bits per heavy atom. The number of nitrogens with one attached hydrogen (secondary N) is 1. The van der Waals surface area contributed by atoms with Gasteiger partial charge < -0.3 is 10.1 Å². The second-order valence-electron chi connectivity index (χ2n) is 2.96. The van der Waals surface area contributed by atoms with Crippen LogP contribution in [0, 0.1) is 0 Å². The third kappa shape index (κ3) is 1.35. The molecule has 1 aliphatic rings. The number of hydrogen-bond acceptors (Lipinski definition) is 3. The summed E-state index contributed by atoms with van der Waals surface area (Å²) in [4.78, 5) is 0. The molecule has 0 saturated carbocycles. The Morgan fingerprint density at radius 2 is 2.58 bits per heavy atom. The third-order valence-electron chi connectivity index (χ3n) is 2.06. The quantitative estimate of drug-likeness (QED) is 0.695. The molecule has 12 heavy (non-hydrogen) atoms. The molecule has 66 valence electrons. The lowest BCUT2D eigenvalue weighted by Gasteiger charge is -1.99. The lowest BCUT2D eigenvalue weighted by Crippen LogP contribution is -2.08. The van der Waals surface area contributed by atoms with Crippen LogP contribution in [0.3, 0.4) is 0 Å². The molecule has 2 heterocycles. The van der Waals surface area contributed by atoms with Crippen molar-refractivity contribution in [2.24, 2.45) is 0 Å². The summed E-state index contributed by atoms with van der Waals surface area (Å²) in [6, 6.07) is 0. The standard InChI is InChI=1S/C8H13N3O/c1-12-3-2-11-6-7-4-9-5-8(7)10-11/h6,9H,2-5H2,1H3. The Kier molecular flexibility index (Phi) is 2.10. The highest BCUT2D eigenvalue weighted by Crippen LogP contribution is 2.12. The van der Waals surface area contributed by atoms with Crippen LogP contribution in [0.15, 0.2) is 6.20 Å². The molecule has 1 N–H and O–H groups in total. The number of rotatable bonds is 3. The lowest BCUT2D eigenvalue weighted by atomic mass is 10.3. The summed E-state index contributed by atoms with van der Waals surface area (Å²) in [6.07, 6.45) is 2.09. The summed E-state index contributed by atoms with van der Waals surface area (Å²) in [6.45, 7) is 3.45. The van der Waals surface area contributed by atoms with Gasteiger partial charge in [0, 0.05) is 32.0 Å². The number of methoxy groups -OCH3 is 1. The monoisotopic (exact) mass is 167 g/mol. The maximum atomic E-state index is 4.97. The zero-order chi connectivity index (χ0) is 8.39. The summed E-state index contributed by atoms with van der Waals surface area (Å²) in [5, 5.41) is 7.65. The van der Waals surface area contributed by atoms with Crippen molar-refractivity contribution in [3.8, 4) is 0 Å². The van der Waals surface area contributed by atoms with Crippen molar-refractivity contribution in [2.75, 3.05) is 13.7 Å². The maximum Gasteiger partial charge on any atom is 0.0807 e. The smallest absolute Gasteiger partial charge is 0.0807 e. The van der Waals surface area contributed by atoms with Crippen molar-refractivity contribution in [1.82, 2.24) is 15.1 Å². The van der Waals surface area contributed by atoms with E-state index in [1.165, 1.54) is 11.3 Å². The first kappa shape index (κ1) is 7.76. The number of hydrogen-bond donors (Lipinski definition) is 1. The Bertz CT molecular complexity index is 248. The minimum absolute atomic E-state index is 0.730. The molecular formula is C8H13N3O. The first-order valence-electron chi connectivity index (χ1n) is 4.15. The van der Waals surface area contributed by atoms with Crippen LogP contribution >= 0.6 is 0 Å². The summed E-state index contributed by atoms with van der Waals surface area (Å²) in [5.74, 6) is 0. The molecule has 0 unspecified atom stereocenters. The average Bonchev–Trinajstić information content (AvgIpc) is 2.58. The molecule has 0 saturated heterocycles. The van der Waals surface area contributed by atoms with E-state index in [0.717, 1.165) is 26.2 Å². The first-order valence-corrected chi connectivity index (χ1v) is 4.15. The van der Waals surface area contributed by atoms with Crippen molar-refractivity contribution in [3.05, 3.63) is 17.5 Å². The molecule has 0 aromatic carbocycles. The van der Waals surface area contributed by atoms with Gasteiger partial charge in [0.15, 0.2) is 0 Å². The summed E-state index contributed by atoms with van der Waals surface area (Å²) in [5.41, 5.74) is 2.51. The Morgan fingerprint density at radius 3 is 3.33 bits per heavy atom. The van der Waals surface area contributed by atoms with E-state index in [-0.39, 0.29) is 0 Å². The highest BCUT2D eigenvalue weighted by Gasteiger charge is 2.13. The molecule has 4 nitrogen and oxygen atoms in total. The van der Waals surface area contributed by atoms with Crippen LogP contribution in [-0.2, 0) is 24.4 Å². The van der Waals surface area contributed by atoms with Crippen LogP contribution < -0.4 is 5.32 Å². The molecule has 0 atom stereocenters. The van der Waals surface area contributed by atoms with E-state index in [4.69, 9.17) is 4.74 Å². The number of nitrogens with zero attached hydrogens (tertiary/aromatic N) is 2. The van der Waals surface area contributed by atoms with Crippen LogP contribution in [0.5, 0.6) is 0 Å². The molecule has 1 aromatic heterocycles. The first-order chi connectivity index (χ1) is 5.90. The van der Waals surface area contributed by atoms with Gasteiger partial charge in [0.1, 0.15) is 0 Å². The molecule has 0 radical (unpaired) electrons. The molecular weight excluding hydrogens is 154 g/mol. The SMILES string of the molecule is COCCn1cc2c(n1)CNC2. The highest BCUT2D eigenvalue weighted by atomic mass is 16.5. The fourth-order valence-corrected chi connectivity index (χ4v) is 1.41. The van der Waals surface area contributed by atoms with Gasteiger partial charge in [-0.25, -0.2) is 0 Å². The van der Waals surface area contributed by atoms with E-state index in [1.807, 2.05) is 4.68 Å². The minimum atomic E-state index is 0.730. The van der Waals surface area contributed by atoms with Gasteiger partial charge in [-0.15, -0.1) is 0 Å². The van der Waals surface area contributed by atoms with Crippen molar-refractivity contribution in [3.63, 3.8) is 0 Å².